The van der Waals surface area contributed by atoms with Gasteiger partial charge in [0.25, 0.3) is 24.0 Å². The molecule has 39 heavy (non-hydrogen) atoms. The molecule has 2 atom stereocenters. The van der Waals surface area contributed by atoms with Crippen LogP contribution < -0.4 is 21.4 Å². The predicted octanol–water partition coefficient (Wildman–Crippen LogP) is -0.445. The third kappa shape index (κ3) is 4.92. The number of imidazole rings is 1. The van der Waals surface area contributed by atoms with Crippen LogP contribution in [0.3, 0.4) is 0 Å². The van der Waals surface area contributed by atoms with Crippen molar-refractivity contribution in [3.63, 3.8) is 0 Å². The molecule has 5 heterocycles. The summed E-state index contributed by atoms with van der Waals surface area (Å²) >= 11 is 3.65. The number of thioether (sulfide) groups is 1. The number of carbonyl (C=O) groups is 4. The Bertz CT molecular complexity index is 1560. The van der Waals surface area contributed by atoms with E-state index in [1.54, 1.807) is 26.9 Å². The second kappa shape index (κ2) is 10.6. The van der Waals surface area contributed by atoms with Gasteiger partial charge in [-0.25, -0.2) is 18.7 Å². The molecule has 5 rings (SSSR count). The number of halogens is 1. The molecule has 0 unspecified atom stereocenters. The lowest BCUT2D eigenvalue weighted by atomic mass is 10.0. The number of hydrogen-bond donors (Lipinski definition) is 4. The Labute approximate surface area is 230 Å². The van der Waals surface area contributed by atoms with Gasteiger partial charge in [0, 0.05) is 22.1 Å². The molecule has 3 amide bonds. The maximum Gasteiger partial charge on any atom is 0.352 e. The number of carbonyl (C=O) groups excluding carboxylic acids is 3. The molecule has 204 valence electrons. The Morgan fingerprint density at radius 2 is 2.13 bits per heavy atom. The molecule has 3 aromatic heterocycles. The predicted molar refractivity (Wildman–Crippen MR) is 139 cm³/mol. The number of β-lactam (4-membered cyclic amide) rings is 1. The Kier molecular flexibility index (Phi) is 7.23. The minimum atomic E-state index is -1.28. The van der Waals surface area contributed by atoms with E-state index in [4.69, 9.17) is 16.3 Å². The smallest absolute Gasteiger partial charge is 0.352 e. The first-order chi connectivity index (χ1) is 18.7. The first-order valence-corrected chi connectivity index (χ1v) is 14.0. The number of nitrogen functional groups attached to an aromatic ring is 1. The SMILES string of the molecule is NC(=O)c1csc2c[n+](CC3=C(C(=O)O)N4C(=O)[C@@H](NC(=O)/C(=N\OCCF)c5csc(N)n5)[C@H]4SC3)cn12. The number of aliphatic carboxylic acids is 1. The summed E-state index contributed by atoms with van der Waals surface area (Å²) in [5, 5.41) is 18.8. The third-order valence-corrected chi connectivity index (χ3v) is 8.69. The van der Waals surface area contributed by atoms with Gasteiger partial charge in [-0.15, -0.1) is 23.1 Å². The van der Waals surface area contributed by atoms with Crippen molar-refractivity contribution in [1.29, 1.82) is 0 Å². The van der Waals surface area contributed by atoms with Gasteiger partial charge in [0.1, 0.15) is 48.8 Å². The largest absolute Gasteiger partial charge is 0.477 e. The summed E-state index contributed by atoms with van der Waals surface area (Å²) in [6, 6.07) is -1.04. The van der Waals surface area contributed by atoms with Crippen molar-refractivity contribution < 1.29 is 38.1 Å². The molecule has 0 spiro atoms. The number of carboxylic acid groups (broad SMARTS) is 1. The van der Waals surface area contributed by atoms with E-state index in [9.17, 15) is 28.7 Å². The summed E-state index contributed by atoms with van der Waals surface area (Å²) in [6.07, 6.45) is 3.38. The highest BCUT2D eigenvalue weighted by atomic mass is 32.2. The lowest BCUT2D eigenvalue weighted by molar-refractivity contribution is -0.687. The molecule has 18 heteroatoms. The molecule has 2 aliphatic heterocycles. The molecule has 2 aliphatic rings. The average Bonchev–Trinajstić information content (AvgIpc) is 3.60. The van der Waals surface area contributed by atoms with Crippen molar-refractivity contribution in [2.45, 2.75) is 18.0 Å². The lowest BCUT2D eigenvalue weighted by Crippen LogP contribution is -2.71. The maximum atomic E-state index is 13.1. The Hall–Kier alpha value is -4.03. The van der Waals surface area contributed by atoms with Gasteiger partial charge in [0.05, 0.1) is 0 Å². The molecule has 1 fully saturated rings. The molecule has 0 bridgehead atoms. The van der Waals surface area contributed by atoms with Gasteiger partial charge in [-0.2, -0.15) is 4.40 Å². The normalized spacial score (nSPS) is 19.2. The van der Waals surface area contributed by atoms with Crippen LogP contribution in [0.2, 0.25) is 0 Å². The molecular formula is C21H20FN8O6S3+. The number of aromatic nitrogens is 3. The molecule has 0 aliphatic carbocycles. The maximum absolute atomic E-state index is 13.1. The number of anilines is 1. The van der Waals surface area contributed by atoms with Gasteiger partial charge < -0.3 is 26.7 Å². The van der Waals surface area contributed by atoms with Crippen LogP contribution in [-0.2, 0) is 25.8 Å². The number of rotatable bonds is 10. The van der Waals surface area contributed by atoms with E-state index in [1.165, 1.54) is 28.5 Å². The highest BCUT2D eigenvalue weighted by Crippen LogP contribution is 2.40. The summed E-state index contributed by atoms with van der Waals surface area (Å²) in [5.41, 5.74) is 11.4. The highest BCUT2D eigenvalue weighted by molar-refractivity contribution is 8.00. The number of nitrogens with one attached hydrogen (secondary N) is 1. The van der Waals surface area contributed by atoms with Crippen LogP contribution in [-0.4, -0.2) is 79.2 Å². The number of carboxylic acids is 1. The quantitative estimate of drug-likeness (QED) is 0.0788. The summed E-state index contributed by atoms with van der Waals surface area (Å²) in [7, 11) is 0. The zero-order chi connectivity index (χ0) is 27.8. The molecule has 14 nitrogen and oxygen atoms in total. The van der Waals surface area contributed by atoms with E-state index < -0.39 is 41.8 Å². The van der Waals surface area contributed by atoms with Crippen molar-refractivity contribution >= 4 is 73.8 Å². The first-order valence-electron chi connectivity index (χ1n) is 11.2. The van der Waals surface area contributed by atoms with E-state index in [2.05, 4.69) is 15.5 Å². The summed E-state index contributed by atoms with van der Waals surface area (Å²) < 4.78 is 15.8. The molecular weight excluding hydrogens is 575 g/mol. The number of oxime groups is 1. The monoisotopic (exact) mass is 595 g/mol. The molecule has 0 aromatic carbocycles. The number of primary amides is 1. The minimum absolute atomic E-state index is 0.0891. The fourth-order valence-electron chi connectivity index (χ4n) is 4.13. The number of hydrogen-bond acceptors (Lipinski definition) is 11. The molecule has 0 saturated carbocycles. The van der Waals surface area contributed by atoms with Gasteiger partial charge >= 0.3 is 5.97 Å². The van der Waals surface area contributed by atoms with Crippen molar-refractivity contribution in [3.05, 3.63) is 45.9 Å². The summed E-state index contributed by atoms with van der Waals surface area (Å²) in [6.45, 7) is -1.06. The second-order valence-electron chi connectivity index (χ2n) is 8.26. The van der Waals surface area contributed by atoms with Crippen molar-refractivity contribution in [2.24, 2.45) is 10.9 Å². The van der Waals surface area contributed by atoms with Crippen LogP contribution in [0.15, 0.2) is 39.7 Å². The number of fused-ring (bicyclic) bond motifs is 2. The van der Waals surface area contributed by atoms with Crippen molar-refractivity contribution in [2.75, 3.05) is 24.8 Å². The van der Waals surface area contributed by atoms with E-state index in [0.29, 0.717) is 11.3 Å². The van der Waals surface area contributed by atoms with Crippen LogP contribution in [0.5, 0.6) is 0 Å². The number of alkyl halides is 1. The highest BCUT2D eigenvalue weighted by Gasteiger charge is 2.54. The first kappa shape index (κ1) is 26.6. The zero-order valence-electron chi connectivity index (χ0n) is 19.8. The second-order valence-corrected chi connectivity index (χ2v) is 11.1. The lowest BCUT2D eigenvalue weighted by Gasteiger charge is -2.49. The van der Waals surface area contributed by atoms with Gasteiger partial charge in [0.2, 0.25) is 10.5 Å². The molecule has 3 aromatic rings. The zero-order valence-corrected chi connectivity index (χ0v) is 22.2. The molecule has 0 radical (unpaired) electrons. The fourth-order valence-corrected chi connectivity index (χ4v) is 6.93. The van der Waals surface area contributed by atoms with E-state index in [1.807, 2.05) is 0 Å². The Morgan fingerprint density at radius 1 is 1.33 bits per heavy atom. The van der Waals surface area contributed by atoms with Crippen LogP contribution in [0.4, 0.5) is 9.52 Å². The average molecular weight is 596 g/mol. The number of amides is 3. The van der Waals surface area contributed by atoms with E-state index in [0.717, 1.165) is 21.1 Å². The van der Waals surface area contributed by atoms with Crippen LogP contribution >= 0.6 is 34.4 Å². The molecule has 1 saturated heterocycles. The Balaban J connectivity index is 1.35. The van der Waals surface area contributed by atoms with E-state index >= 15 is 0 Å². The third-order valence-electron chi connectivity index (χ3n) is 5.79. The van der Waals surface area contributed by atoms with Gasteiger partial charge in [0.15, 0.2) is 10.8 Å². The van der Waals surface area contributed by atoms with Crippen LogP contribution in [0.25, 0.3) is 4.83 Å². The number of thiazole rings is 2. The van der Waals surface area contributed by atoms with Crippen LogP contribution in [0, 0.1) is 0 Å². The fraction of sp³-hybridized carbons (Fsp3) is 0.286. The van der Waals surface area contributed by atoms with Crippen molar-refractivity contribution in [3.8, 4) is 0 Å². The minimum Gasteiger partial charge on any atom is -0.477 e. The van der Waals surface area contributed by atoms with Gasteiger partial charge in [-0.05, 0) is 0 Å². The standard InChI is InChI=1S/C21H19FN8O6S3/c22-1-2-36-27-13(10-6-39-21(24)25-10)17(32)26-14-18(33)30-15(20(34)35)9(5-38-19(14)30)3-28-4-12-29(8-28)11(7-37-12)16(23)31/h4,6-8,14,19H,1-3,5H2,(H5-,23,24,25,26,31,32,34,35)/p+1/b27-13-/t14-,19-/m1/s1. The number of nitrogens with two attached hydrogens (primary N) is 2. The van der Waals surface area contributed by atoms with Gasteiger partial charge in [-0.3, -0.25) is 19.3 Å². The van der Waals surface area contributed by atoms with Gasteiger partial charge in [-0.1, -0.05) is 16.5 Å². The molecule has 6 N–H and O–H groups in total. The Morgan fingerprint density at radius 3 is 2.79 bits per heavy atom. The number of nitrogens with zero attached hydrogens (tertiary/aromatic N) is 5. The van der Waals surface area contributed by atoms with Crippen molar-refractivity contribution in [1.82, 2.24) is 19.6 Å². The topological polar surface area (TPSA) is 199 Å². The summed E-state index contributed by atoms with van der Waals surface area (Å²) in [4.78, 5) is 60.6. The van der Waals surface area contributed by atoms with Crippen LogP contribution in [0.1, 0.15) is 16.2 Å². The van der Waals surface area contributed by atoms with E-state index in [-0.39, 0.29) is 41.1 Å². The summed E-state index contributed by atoms with van der Waals surface area (Å²) in [5.74, 6) is -3.03.